The van der Waals surface area contributed by atoms with Gasteiger partial charge < -0.3 is 14.8 Å². The Morgan fingerprint density at radius 2 is 1.81 bits per heavy atom. The lowest BCUT2D eigenvalue weighted by Gasteiger charge is -2.38. The number of nitrogens with one attached hydrogen (secondary N) is 1. The van der Waals surface area contributed by atoms with Crippen LogP contribution in [0.25, 0.3) is 0 Å². The molecular weight excluding hydrogens is 409 g/mol. The minimum absolute atomic E-state index is 0.0337. The average Bonchev–Trinajstić information content (AvgIpc) is 2.68. The van der Waals surface area contributed by atoms with E-state index in [2.05, 4.69) is 10.2 Å². The largest absolute Gasteiger partial charge is 0.496 e. The molecule has 1 heterocycles. The molecule has 2 aromatic carbocycles. The molecule has 1 aliphatic rings. The third-order valence-electron chi connectivity index (χ3n) is 5.48. The summed E-state index contributed by atoms with van der Waals surface area (Å²) in [6.07, 6.45) is -4.43. The summed E-state index contributed by atoms with van der Waals surface area (Å²) < 4.78 is 50.3. The van der Waals surface area contributed by atoms with Crippen LogP contribution in [0.2, 0.25) is 0 Å². The number of hydrogen-bond acceptors (Lipinski definition) is 4. The first-order valence-electron chi connectivity index (χ1n) is 10.0. The monoisotopic (exact) mass is 436 g/mol. The number of methoxy groups -OCH3 is 1. The Morgan fingerprint density at radius 1 is 1.16 bits per heavy atom. The van der Waals surface area contributed by atoms with Gasteiger partial charge in [0, 0.05) is 32.2 Å². The molecule has 1 fully saturated rings. The molecule has 1 amide bonds. The van der Waals surface area contributed by atoms with E-state index in [-0.39, 0.29) is 18.4 Å². The molecule has 0 spiro atoms. The number of hydrogen-bond donors (Lipinski definition) is 1. The van der Waals surface area contributed by atoms with E-state index in [1.165, 1.54) is 13.2 Å². The second kappa shape index (κ2) is 9.18. The van der Waals surface area contributed by atoms with E-state index in [0.29, 0.717) is 17.1 Å². The highest BCUT2D eigenvalue weighted by Crippen LogP contribution is 2.34. The van der Waals surface area contributed by atoms with Gasteiger partial charge in [-0.25, -0.2) is 0 Å². The number of aryl methyl sites for hydroxylation is 2. The van der Waals surface area contributed by atoms with Crippen LogP contribution in [0.1, 0.15) is 27.8 Å². The molecule has 0 aliphatic carbocycles. The lowest BCUT2D eigenvalue weighted by Crippen LogP contribution is -2.52. The van der Waals surface area contributed by atoms with Gasteiger partial charge >= 0.3 is 6.18 Å². The van der Waals surface area contributed by atoms with Gasteiger partial charge in [-0.2, -0.15) is 13.2 Å². The second-order valence-corrected chi connectivity index (χ2v) is 7.88. The number of ether oxygens (including phenoxy) is 2. The van der Waals surface area contributed by atoms with Crippen LogP contribution in [0.5, 0.6) is 11.5 Å². The van der Waals surface area contributed by atoms with Crippen LogP contribution in [0.4, 0.5) is 13.2 Å². The lowest BCUT2D eigenvalue weighted by atomic mass is 9.97. The number of carbonyl (C=O) groups excluding carboxylic acids is 1. The normalized spacial score (nSPS) is 14.8. The highest BCUT2D eigenvalue weighted by Gasteiger charge is 2.32. The minimum atomic E-state index is -4.43. The molecule has 0 aromatic heterocycles. The Bertz CT molecular complexity index is 931. The van der Waals surface area contributed by atoms with Gasteiger partial charge in [-0.1, -0.05) is 12.1 Å². The fraction of sp³-hybridized carbons (Fsp3) is 0.435. The molecule has 1 aliphatic heterocycles. The first-order valence-corrected chi connectivity index (χ1v) is 10.0. The minimum Gasteiger partial charge on any atom is -0.496 e. The molecule has 3 rings (SSSR count). The van der Waals surface area contributed by atoms with Crippen molar-refractivity contribution in [1.82, 2.24) is 10.2 Å². The van der Waals surface area contributed by atoms with Crippen molar-refractivity contribution in [3.05, 3.63) is 58.1 Å². The second-order valence-electron chi connectivity index (χ2n) is 7.88. The highest BCUT2D eigenvalue weighted by atomic mass is 19.4. The summed E-state index contributed by atoms with van der Waals surface area (Å²) in [7, 11) is 3.06. The van der Waals surface area contributed by atoms with E-state index < -0.39 is 11.7 Å². The van der Waals surface area contributed by atoms with Gasteiger partial charge in [-0.05, 0) is 48.7 Å². The Hall–Kier alpha value is -2.74. The van der Waals surface area contributed by atoms with E-state index in [1.54, 1.807) is 7.05 Å². The first-order chi connectivity index (χ1) is 14.6. The van der Waals surface area contributed by atoms with Crippen LogP contribution in [-0.4, -0.2) is 38.1 Å². The van der Waals surface area contributed by atoms with Gasteiger partial charge in [0.15, 0.2) is 0 Å². The molecule has 168 valence electrons. The standard InChI is InChI=1S/C23H27F3N2O3/c1-14-7-16(10-28-11-18(12-28)22(29)27-3)8-15(2)21(14)31-13-17-9-19(23(24,25)26)5-6-20(17)30-4/h5-9,18H,10-13H2,1-4H3,(H,27,29). The number of halogens is 3. The van der Waals surface area contributed by atoms with Crippen LogP contribution >= 0.6 is 0 Å². The molecule has 31 heavy (non-hydrogen) atoms. The summed E-state index contributed by atoms with van der Waals surface area (Å²) >= 11 is 0. The number of nitrogens with zero attached hydrogens (tertiary/aromatic N) is 1. The van der Waals surface area contributed by atoms with E-state index in [0.717, 1.165) is 48.5 Å². The van der Waals surface area contributed by atoms with Crippen LogP contribution in [0, 0.1) is 19.8 Å². The van der Waals surface area contributed by atoms with E-state index in [9.17, 15) is 18.0 Å². The van der Waals surface area contributed by atoms with Crippen molar-refractivity contribution in [2.24, 2.45) is 5.92 Å². The lowest BCUT2D eigenvalue weighted by molar-refractivity contribution is -0.137. The molecule has 2 aromatic rings. The van der Waals surface area contributed by atoms with Gasteiger partial charge in [0.2, 0.25) is 5.91 Å². The number of alkyl halides is 3. The fourth-order valence-corrected chi connectivity index (χ4v) is 3.90. The van der Waals surface area contributed by atoms with Gasteiger partial charge in [0.1, 0.15) is 18.1 Å². The summed E-state index contributed by atoms with van der Waals surface area (Å²) in [5.41, 5.74) is 2.52. The zero-order chi connectivity index (χ0) is 22.8. The zero-order valence-corrected chi connectivity index (χ0v) is 18.1. The molecule has 0 atom stereocenters. The van der Waals surface area contributed by atoms with Crippen LogP contribution in [0.15, 0.2) is 30.3 Å². The third kappa shape index (κ3) is 5.31. The number of amides is 1. The maximum atomic E-state index is 13.1. The zero-order valence-electron chi connectivity index (χ0n) is 18.1. The molecule has 0 saturated carbocycles. The van der Waals surface area contributed by atoms with Gasteiger partial charge in [-0.15, -0.1) is 0 Å². The summed E-state index contributed by atoms with van der Waals surface area (Å²) in [6, 6.07) is 7.39. The predicted molar refractivity (Wildman–Crippen MR) is 111 cm³/mol. The molecule has 0 bridgehead atoms. The van der Waals surface area contributed by atoms with Crippen molar-refractivity contribution < 1.29 is 27.4 Å². The van der Waals surface area contributed by atoms with Crippen molar-refractivity contribution >= 4 is 5.91 Å². The Balaban J connectivity index is 1.69. The molecule has 5 nitrogen and oxygen atoms in total. The van der Waals surface area contributed by atoms with Crippen LogP contribution < -0.4 is 14.8 Å². The van der Waals surface area contributed by atoms with Crippen molar-refractivity contribution in [2.75, 3.05) is 27.2 Å². The highest BCUT2D eigenvalue weighted by molar-refractivity contribution is 5.79. The molecule has 0 radical (unpaired) electrons. The quantitative estimate of drug-likeness (QED) is 0.711. The number of benzene rings is 2. The Labute approximate surface area is 180 Å². The molecule has 1 N–H and O–H groups in total. The SMILES string of the molecule is CNC(=O)C1CN(Cc2cc(C)c(OCc3cc(C(F)(F)F)ccc3OC)c(C)c2)C1. The first kappa shape index (κ1) is 22.9. The van der Waals surface area contributed by atoms with Crippen molar-refractivity contribution in [3.8, 4) is 11.5 Å². The summed E-state index contributed by atoms with van der Waals surface area (Å²) in [5, 5.41) is 2.67. The smallest absolute Gasteiger partial charge is 0.416 e. The van der Waals surface area contributed by atoms with Crippen molar-refractivity contribution in [2.45, 2.75) is 33.2 Å². The van der Waals surface area contributed by atoms with Gasteiger partial charge in [-0.3, -0.25) is 9.69 Å². The van der Waals surface area contributed by atoms with E-state index >= 15 is 0 Å². The topological polar surface area (TPSA) is 50.8 Å². The third-order valence-corrected chi connectivity index (χ3v) is 5.48. The maximum absolute atomic E-state index is 13.1. The van der Waals surface area contributed by atoms with Gasteiger partial charge in [0.25, 0.3) is 0 Å². The summed E-state index contributed by atoms with van der Waals surface area (Å²) in [4.78, 5) is 13.8. The Morgan fingerprint density at radius 3 is 2.35 bits per heavy atom. The molecular formula is C23H27F3N2O3. The maximum Gasteiger partial charge on any atom is 0.416 e. The number of rotatable bonds is 7. The number of likely N-dealkylation sites (tertiary alicyclic amines) is 1. The molecule has 0 unspecified atom stereocenters. The fourth-order valence-electron chi connectivity index (χ4n) is 3.90. The summed E-state index contributed by atoms with van der Waals surface area (Å²) in [5.74, 6) is 1.10. The summed E-state index contributed by atoms with van der Waals surface area (Å²) in [6.45, 7) is 5.99. The van der Waals surface area contributed by atoms with Crippen LogP contribution in [-0.2, 0) is 24.1 Å². The van der Waals surface area contributed by atoms with Crippen molar-refractivity contribution in [1.29, 1.82) is 0 Å². The average molecular weight is 436 g/mol. The Kier molecular flexibility index (Phi) is 6.79. The molecule has 8 heteroatoms. The van der Waals surface area contributed by atoms with E-state index in [4.69, 9.17) is 9.47 Å². The van der Waals surface area contributed by atoms with Crippen LogP contribution in [0.3, 0.4) is 0 Å². The predicted octanol–water partition coefficient (Wildman–Crippen LogP) is 4.09. The van der Waals surface area contributed by atoms with E-state index in [1.807, 2.05) is 26.0 Å². The number of carbonyl (C=O) groups is 1. The van der Waals surface area contributed by atoms with Crippen molar-refractivity contribution in [3.63, 3.8) is 0 Å². The van der Waals surface area contributed by atoms with Gasteiger partial charge in [0.05, 0.1) is 18.6 Å². The molecule has 1 saturated heterocycles.